The molecule has 2 heteroatoms. The monoisotopic (exact) mass is 221 g/mol. The first-order chi connectivity index (χ1) is 7.84. The molecule has 0 spiro atoms. The third-order valence-corrected chi connectivity index (χ3v) is 3.39. The summed E-state index contributed by atoms with van der Waals surface area (Å²) in [6.07, 6.45) is 6.29. The molecule has 0 aromatic heterocycles. The van der Waals surface area contributed by atoms with E-state index in [-0.39, 0.29) is 5.82 Å². The summed E-state index contributed by atoms with van der Waals surface area (Å²) < 4.78 is 12.7. The van der Waals surface area contributed by atoms with E-state index in [9.17, 15) is 4.39 Å². The molecule has 0 aliphatic carbocycles. The first-order valence-electron chi connectivity index (χ1n) is 6.30. The van der Waals surface area contributed by atoms with Gasteiger partial charge in [0.05, 0.1) is 0 Å². The van der Waals surface area contributed by atoms with Gasteiger partial charge in [0.15, 0.2) is 0 Å². The SMILES string of the molecule is Fc1ccc(CCC[C@H]2CCCNC2)cc1. The van der Waals surface area contributed by atoms with Crippen LogP contribution in [0.4, 0.5) is 4.39 Å². The van der Waals surface area contributed by atoms with Gasteiger partial charge in [-0.05, 0) is 68.8 Å². The number of piperidine rings is 1. The molecule has 2 rings (SSSR count). The van der Waals surface area contributed by atoms with Gasteiger partial charge >= 0.3 is 0 Å². The van der Waals surface area contributed by atoms with Crippen LogP contribution in [0, 0.1) is 11.7 Å². The van der Waals surface area contributed by atoms with Gasteiger partial charge in [-0.2, -0.15) is 0 Å². The van der Waals surface area contributed by atoms with Crippen molar-refractivity contribution in [3.63, 3.8) is 0 Å². The summed E-state index contributed by atoms with van der Waals surface area (Å²) in [6.45, 7) is 2.37. The Morgan fingerprint density at radius 2 is 2.06 bits per heavy atom. The lowest BCUT2D eigenvalue weighted by Gasteiger charge is -2.22. The molecule has 0 bridgehead atoms. The van der Waals surface area contributed by atoms with Crippen LogP contribution in [-0.4, -0.2) is 13.1 Å². The molecule has 1 fully saturated rings. The lowest BCUT2D eigenvalue weighted by Crippen LogP contribution is -2.29. The van der Waals surface area contributed by atoms with Crippen LogP contribution in [-0.2, 0) is 6.42 Å². The third kappa shape index (κ3) is 3.60. The first kappa shape index (κ1) is 11.6. The maximum Gasteiger partial charge on any atom is 0.123 e. The fourth-order valence-corrected chi connectivity index (χ4v) is 2.42. The van der Waals surface area contributed by atoms with Crippen LogP contribution < -0.4 is 5.32 Å². The Morgan fingerprint density at radius 3 is 2.75 bits per heavy atom. The molecule has 1 aliphatic rings. The van der Waals surface area contributed by atoms with E-state index in [1.807, 2.05) is 12.1 Å². The van der Waals surface area contributed by atoms with Crippen molar-refractivity contribution in [3.05, 3.63) is 35.6 Å². The van der Waals surface area contributed by atoms with Crippen molar-refractivity contribution >= 4 is 0 Å². The summed E-state index contributed by atoms with van der Waals surface area (Å²) in [6, 6.07) is 6.90. The fraction of sp³-hybridized carbons (Fsp3) is 0.571. The van der Waals surface area contributed by atoms with Crippen molar-refractivity contribution in [2.45, 2.75) is 32.1 Å². The lowest BCUT2D eigenvalue weighted by atomic mass is 9.93. The molecule has 0 radical (unpaired) electrons. The Bertz CT molecular complexity index is 301. The number of hydrogen-bond donors (Lipinski definition) is 1. The third-order valence-electron chi connectivity index (χ3n) is 3.39. The van der Waals surface area contributed by atoms with Crippen LogP contribution in [0.2, 0.25) is 0 Å². The molecule has 0 saturated carbocycles. The largest absolute Gasteiger partial charge is 0.316 e. The van der Waals surface area contributed by atoms with Gasteiger partial charge < -0.3 is 5.32 Å². The Labute approximate surface area is 97.1 Å². The van der Waals surface area contributed by atoms with Gasteiger partial charge in [-0.3, -0.25) is 0 Å². The van der Waals surface area contributed by atoms with Gasteiger partial charge in [-0.25, -0.2) is 4.39 Å². The number of halogens is 1. The summed E-state index contributed by atoms with van der Waals surface area (Å²) in [5.74, 6) is 0.717. The lowest BCUT2D eigenvalue weighted by molar-refractivity contribution is 0.351. The quantitative estimate of drug-likeness (QED) is 0.823. The molecule has 1 aliphatic heterocycles. The molecule has 16 heavy (non-hydrogen) atoms. The van der Waals surface area contributed by atoms with E-state index in [4.69, 9.17) is 0 Å². The van der Waals surface area contributed by atoms with E-state index in [0.29, 0.717) is 0 Å². The van der Waals surface area contributed by atoms with E-state index in [0.717, 1.165) is 12.3 Å². The highest BCUT2D eigenvalue weighted by atomic mass is 19.1. The van der Waals surface area contributed by atoms with Gasteiger partial charge in [0, 0.05) is 0 Å². The second-order valence-corrected chi connectivity index (χ2v) is 4.73. The second kappa shape index (κ2) is 6.00. The summed E-state index contributed by atoms with van der Waals surface area (Å²) in [5, 5.41) is 3.44. The summed E-state index contributed by atoms with van der Waals surface area (Å²) in [5.41, 5.74) is 1.25. The normalized spacial score (nSPS) is 20.9. The van der Waals surface area contributed by atoms with Crippen molar-refractivity contribution in [1.82, 2.24) is 5.32 Å². The molecule has 88 valence electrons. The second-order valence-electron chi connectivity index (χ2n) is 4.73. The molecule has 1 N–H and O–H groups in total. The molecule has 1 aromatic carbocycles. The van der Waals surface area contributed by atoms with Crippen LogP contribution in [0.1, 0.15) is 31.2 Å². The standard InChI is InChI=1S/C14H20FN/c15-14-8-6-12(7-9-14)3-1-4-13-5-2-10-16-11-13/h6-9,13,16H,1-5,10-11H2/t13-/m0/s1. The molecule has 1 saturated heterocycles. The van der Waals surface area contributed by atoms with Crippen LogP contribution >= 0.6 is 0 Å². The van der Waals surface area contributed by atoms with Gasteiger partial charge in [-0.15, -0.1) is 0 Å². The minimum Gasteiger partial charge on any atom is -0.316 e. The Kier molecular flexibility index (Phi) is 4.34. The van der Waals surface area contributed by atoms with Gasteiger partial charge in [-0.1, -0.05) is 12.1 Å². The predicted molar refractivity (Wildman–Crippen MR) is 64.9 cm³/mol. The van der Waals surface area contributed by atoms with Crippen molar-refractivity contribution < 1.29 is 4.39 Å². The van der Waals surface area contributed by atoms with Gasteiger partial charge in [0.2, 0.25) is 0 Å². The van der Waals surface area contributed by atoms with E-state index >= 15 is 0 Å². The van der Waals surface area contributed by atoms with Crippen LogP contribution in [0.15, 0.2) is 24.3 Å². The molecule has 1 aromatic rings. The number of rotatable bonds is 4. The maximum atomic E-state index is 12.7. The van der Waals surface area contributed by atoms with Gasteiger partial charge in [0.25, 0.3) is 0 Å². The number of hydrogen-bond acceptors (Lipinski definition) is 1. The Morgan fingerprint density at radius 1 is 1.25 bits per heavy atom. The average Bonchev–Trinajstić information content (AvgIpc) is 2.33. The number of nitrogens with one attached hydrogen (secondary N) is 1. The number of benzene rings is 1. The van der Waals surface area contributed by atoms with Crippen molar-refractivity contribution in [3.8, 4) is 0 Å². The zero-order chi connectivity index (χ0) is 11.2. The average molecular weight is 221 g/mol. The predicted octanol–water partition coefficient (Wildman–Crippen LogP) is 3.15. The highest BCUT2D eigenvalue weighted by Gasteiger charge is 2.11. The smallest absolute Gasteiger partial charge is 0.123 e. The van der Waals surface area contributed by atoms with Crippen molar-refractivity contribution in [2.24, 2.45) is 5.92 Å². The molecule has 0 unspecified atom stereocenters. The summed E-state index contributed by atoms with van der Waals surface area (Å²) >= 11 is 0. The zero-order valence-corrected chi connectivity index (χ0v) is 9.71. The summed E-state index contributed by atoms with van der Waals surface area (Å²) in [4.78, 5) is 0. The summed E-state index contributed by atoms with van der Waals surface area (Å²) in [7, 11) is 0. The minimum absolute atomic E-state index is 0.139. The molecular formula is C14H20FN. The van der Waals surface area contributed by atoms with Crippen LogP contribution in [0.5, 0.6) is 0 Å². The van der Waals surface area contributed by atoms with Crippen LogP contribution in [0.25, 0.3) is 0 Å². The molecule has 0 amide bonds. The Hall–Kier alpha value is -0.890. The van der Waals surface area contributed by atoms with E-state index in [1.54, 1.807) is 12.1 Å². The maximum absolute atomic E-state index is 12.7. The zero-order valence-electron chi connectivity index (χ0n) is 9.71. The van der Waals surface area contributed by atoms with Crippen molar-refractivity contribution in [2.75, 3.05) is 13.1 Å². The number of aryl methyl sites for hydroxylation is 1. The van der Waals surface area contributed by atoms with Crippen molar-refractivity contribution in [1.29, 1.82) is 0 Å². The Balaban J connectivity index is 1.69. The highest BCUT2D eigenvalue weighted by Crippen LogP contribution is 2.17. The van der Waals surface area contributed by atoms with Crippen LogP contribution in [0.3, 0.4) is 0 Å². The fourth-order valence-electron chi connectivity index (χ4n) is 2.42. The van der Waals surface area contributed by atoms with E-state index in [1.165, 1.54) is 44.3 Å². The molecule has 1 nitrogen and oxygen atoms in total. The molecule has 1 atom stereocenters. The molecule has 1 heterocycles. The molecular weight excluding hydrogens is 201 g/mol. The van der Waals surface area contributed by atoms with E-state index in [2.05, 4.69) is 5.32 Å². The highest BCUT2D eigenvalue weighted by molar-refractivity contribution is 5.15. The topological polar surface area (TPSA) is 12.0 Å². The first-order valence-corrected chi connectivity index (χ1v) is 6.30. The van der Waals surface area contributed by atoms with E-state index < -0.39 is 0 Å². The van der Waals surface area contributed by atoms with Gasteiger partial charge in [0.1, 0.15) is 5.82 Å². The minimum atomic E-state index is -0.139.